The molecule has 0 radical (unpaired) electrons. The molecule has 1 saturated carbocycles. The molecule has 1 aliphatic carbocycles. The minimum Gasteiger partial charge on any atom is -0.477 e. The molecule has 2 aromatic heterocycles. The summed E-state index contributed by atoms with van der Waals surface area (Å²) in [5.74, 6) is 2.11. The Morgan fingerprint density at radius 1 is 1.07 bits per heavy atom. The van der Waals surface area contributed by atoms with Crippen LogP contribution in [0.1, 0.15) is 48.2 Å². The highest BCUT2D eigenvalue weighted by atomic mass is 16.5. The second-order valence-corrected chi connectivity index (χ2v) is 12.4. The van der Waals surface area contributed by atoms with E-state index in [4.69, 9.17) is 14.5 Å². The molecule has 2 fully saturated rings. The van der Waals surface area contributed by atoms with Gasteiger partial charge in [-0.15, -0.1) is 0 Å². The Morgan fingerprint density at radius 3 is 2.77 bits per heavy atom. The van der Waals surface area contributed by atoms with Crippen LogP contribution in [0.5, 0.6) is 5.88 Å². The van der Waals surface area contributed by atoms with Gasteiger partial charge in [0.15, 0.2) is 0 Å². The lowest BCUT2D eigenvalue weighted by molar-refractivity contribution is 0.0378. The lowest BCUT2D eigenvalue weighted by Crippen LogP contribution is -2.37. The second kappa shape index (κ2) is 12.6. The highest BCUT2D eigenvalue weighted by Crippen LogP contribution is 2.43. The zero-order chi connectivity index (χ0) is 30.0. The summed E-state index contributed by atoms with van der Waals surface area (Å²) in [5.41, 5.74) is 5.78. The van der Waals surface area contributed by atoms with E-state index in [0.717, 1.165) is 93.5 Å². The van der Waals surface area contributed by atoms with Crippen LogP contribution in [0.2, 0.25) is 0 Å². The third-order valence-electron chi connectivity index (χ3n) is 9.11. The molecule has 3 aliphatic heterocycles. The van der Waals surface area contributed by atoms with Gasteiger partial charge in [0.25, 0.3) is 5.91 Å². The number of nitrogens with one attached hydrogen (secondary N) is 2. The summed E-state index contributed by atoms with van der Waals surface area (Å²) in [5, 5.41) is 11.5. The fraction of sp³-hybridized carbons (Fsp3) is 0.515. The van der Waals surface area contributed by atoms with Gasteiger partial charge in [-0.3, -0.25) is 14.7 Å². The van der Waals surface area contributed by atoms with Crippen molar-refractivity contribution in [2.45, 2.75) is 39.0 Å². The molecular formula is C33H42N8O3. The number of amides is 1. The first-order chi connectivity index (χ1) is 21.5. The summed E-state index contributed by atoms with van der Waals surface area (Å²) in [4.78, 5) is 27.8. The number of hydrogen-bond acceptors (Lipinski definition) is 9. The van der Waals surface area contributed by atoms with E-state index in [2.05, 4.69) is 48.7 Å². The van der Waals surface area contributed by atoms with Crippen LogP contribution < -0.4 is 20.3 Å². The normalized spacial score (nSPS) is 22.0. The number of morpholine rings is 1. The molecule has 1 aromatic carbocycles. The van der Waals surface area contributed by atoms with Crippen molar-refractivity contribution in [2.75, 3.05) is 68.1 Å². The van der Waals surface area contributed by atoms with Gasteiger partial charge in [0, 0.05) is 50.2 Å². The first-order valence-corrected chi connectivity index (χ1v) is 16.0. The summed E-state index contributed by atoms with van der Waals surface area (Å²) < 4.78 is 13.5. The number of fused-ring (bicyclic) bond motifs is 7. The second-order valence-electron chi connectivity index (χ2n) is 12.4. The van der Waals surface area contributed by atoms with Gasteiger partial charge < -0.3 is 25.0 Å². The summed E-state index contributed by atoms with van der Waals surface area (Å²) in [6.07, 6.45) is 7.29. The van der Waals surface area contributed by atoms with Crippen molar-refractivity contribution in [3.05, 3.63) is 47.8 Å². The number of benzene rings is 1. The smallest absolute Gasteiger partial charge is 0.280 e. The van der Waals surface area contributed by atoms with Gasteiger partial charge in [-0.05, 0) is 87.7 Å². The van der Waals surface area contributed by atoms with Crippen LogP contribution >= 0.6 is 0 Å². The van der Waals surface area contributed by atoms with Crippen molar-refractivity contribution in [3.63, 3.8) is 0 Å². The van der Waals surface area contributed by atoms with Gasteiger partial charge in [0.2, 0.25) is 11.8 Å². The number of carbonyl (C=O) groups excluding carboxylic acids is 1. The van der Waals surface area contributed by atoms with Crippen LogP contribution in [-0.2, 0) is 11.8 Å². The van der Waals surface area contributed by atoms with Crippen LogP contribution in [0.4, 0.5) is 17.1 Å². The van der Waals surface area contributed by atoms with Crippen molar-refractivity contribution in [1.29, 1.82) is 0 Å². The molecule has 0 unspecified atom stereocenters. The van der Waals surface area contributed by atoms with Gasteiger partial charge in [0.05, 0.1) is 48.6 Å². The van der Waals surface area contributed by atoms with Crippen molar-refractivity contribution < 1.29 is 14.3 Å². The molecule has 1 atom stereocenters. The Labute approximate surface area is 258 Å². The average Bonchev–Trinajstić information content (AvgIpc) is 3.73. The van der Waals surface area contributed by atoms with Crippen LogP contribution in [0.15, 0.2) is 41.5 Å². The summed E-state index contributed by atoms with van der Waals surface area (Å²) in [7, 11) is 1.87. The van der Waals surface area contributed by atoms with Gasteiger partial charge >= 0.3 is 0 Å². The lowest BCUT2D eigenvalue weighted by atomic mass is 9.97. The highest BCUT2D eigenvalue weighted by molar-refractivity contribution is 6.19. The zero-order valence-electron chi connectivity index (χ0n) is 25.7. The summed E-state index contributed by atoms with van der Waals surface area (Å²) in [6, 6.07) is 9.99. The number of nitrogens with zero attached hydrogens (tertiary/aromatic N) is 6. The minimum absolute atomic E-state index is 0.303. The molecular weight excluding hydrogens is 556 g/mol. The minimum atomic E-state index is -0.303. The number of carbonyl (C=O) groups is 1. The number of aliphatic imine (C=N–C) groups is 1. The molecule has 11 heteroatoms. The van der Waals surface area contributed by atoms with E-state index in [0.29, 0.717) is 41.5 Å². The fourth-order valence-electron chi connectivity index (χ4n) is 6.56. The monoisotopic (exact) mass is 598 g/mol. The average molecular weight is 599 g/mol. The molecule has 2 N–H and O–H groups in total. The standard InChI is InChI=1S/C33H42N8O3/c1-22-17-25-18-29(36-22)27-20-35-39(2)32(27)44-14-3-5-24(23-6-7-23)21-41-30-19-26(8-9-28(30)37-33(41)38-31(25)42)34-10-4-11-40-12-15-43-16-13-40/h8-9,17-20,23-24,34H,3-7,10-16,21H2,1-2H3,(H,37,38,42)/t24-/m1/s1. The quantitative estimate of drug-likeness (QED) is 0.395. The molecule has 1 amide bonds. The molecule has 1 saturated heterocycles. The number of ether oxygens (including phenoxy) is 2. The van der Waals surface area contributed by atoms with Crippen molar-refractivity contribution in [1.82, 2.24) is 19.7 Å². The first-order valence-electron chi connectivity index (χ1n) is 16.0. The Hall–Kier alpha value is -3.96. The molecule has 5 heterocycles. The topological polar surface area (TPSA) is 109 Å². The van der Waals surface area contributed by atoms with Crippen LogP contribution in [-0.4, -0.2) is 84.1 Å². The Morgan fingerprint density at radius 2 is 1.93 bits per heavy atom. The molecule has 11 nitrogen and oxygen atoms in total. The number of anilines is 3. The van der Waals surface area contributed by atoms with Crippen molar-refractivity contribution in [3.8, 4) is 17.1 Å². The van der Waals surface area contributed by atoms with E-state index in [1.54, 1.807) is 23.0 Å². The van der Waals surface area contributed by atoms with Gasteiger partial charge in [-0.1, -0.05) is 0 Å². The SMILES string of the molecule is Cc1cc2cc(n1)-c1cnn(C)c1OCCC[C@@H](C1CC1)CN1/C(=N/C2=O)Nc2ccc(NCCCN3CCOCC3)cc21. The number of pyridine rings is 1. The molecule has 0 spiro atoms. The number of rotatable bonds is 6. The molecule has 44 heavy (non-hydrogen) atoms. The Kier molecular flexibility index (Phi) is 8.22. The zero-order valence-corrected chi connectivity index (χ0v) is 25.7. The van der Waals surface area contributed by atoms with Crippen molar-refractivity contribution >= 4 is 28.9 Å². The van der Waals surface area contributed by atoms with Gasteiger partial charge in [-0.25, -0.2) is 4.68 Å². The van der Waals surface area contributed by atoms with E-state index in [1.807, 2.05) is 14.0 Å². The maximum Gasteiger partial charge on any atom is 0.280 e. The van der Waals surface area contributed by atoms with Gasteiger partial charge in [0.1, 0.15) is 0 Å². The molecule has 232 valence electrons. The predicted molar refractivity (Wildman–Crippen MR) is 172 cm³/mol. The van der Waals surface area contributed by atoms with E-state index in [1.165, 1.54) is 12.8 Å². The van der Waals surface area contributed by atoms with E-state index in [-0.39, 0.29) is 5.91 Å². The third kappa shape index (κ3) is 6.30. The van der Waals surface area contributed by atoms with Gasteiger partial charge in [-0.2, -0.15) is 10.1 Å². The predicted octanol–water partition coefficient (Wildman–Crippen LogP) is 4.55. The van der Waals surface area contributed by atoms with E-state index < -0.39 is 0 Å². The number of aryl methyl sites for hydroxylation is 2. The molecule has 2 bridgehead atoms. The largest absolute Gasteiger partial charge is 0.477 e. The molecule has 7 rings (SSSR count). The maximum atomic E-state index is 13.7. The van der Waals surface area contributed by atoms with Crippen LogP contribution in [0.25, 0.3) is 11.3 Å². The van der Waals surface area contributed by atoms with Crippen LogP contribution in [0, 0.1) is 18.8 Å². The highest BCUT2D eigenvalue weighted by Gasteiger charge is 2.36. The summed E-state index contributed by atoms with van der Waals surface area (Å²) in [6.45, 7) is 8.94. The number of hydrogen-bond donors (Lipinski definition) is 2. The first kappa shape index (κ1) is 28.8. The maximum absolute atomic E-state index is 13.7. The fourth-order valence-corrected chi connectivity index (χ4v) is 6.56. The Bertz CT molecular complexity index is 1540. The van der Waals surface area contributed by atoms with E-state index in [9.17, 15) is 4.79 Å². The molecule has 3 aromatic rings. The third-order valence-corrected chi connectivity index (χ3v) is 9.11. The summed E-state index contributed by atoms with van der Waals surface area (Å²) >= 11 is 0. The Balaban J connectivity index is 1.16. The lowest BCUT2D eigenvalue weighted by Gasteiger charge is -2.26. The van der Waals surface area contributed by atoms with E-state index >= 15 is 0 Å². The number of guanidine groups is 1. The number of aromatic nitrogens is 3. The van der Waals surface area contributed by atoms with Crippen LogP contribution in [0.3, 0.4) is 0 Å². The van der Waals surface area contributed by atoms with Crippen molar-refractivity contribution in [2.24, 2.45) is 23.9 Å². The molecule has 4 aliphatic rings.